The standard InChI is InChI=1S/C25H21N3O3/c1-18(19-9-8-14-22(17-19)31-21-12-6-3-7-13-21)26-25(30)23-15-16-24(29)28(27-23)20-10-4-2-5-11-20/h2-18H,1H3,(H,26,30). The Bertz CT molecular complexity index is 1240. The number of nitrogens with one attached hydrogen (secondary N) is 1. The van der Waals surface area contributed by atoms with Crippen LogP contribution in [0.1, 0.15) is 29.0 Å². The van der Waals surface area contributed by atoms with E-state index in [2.05, 4.69) is 10.4 Å². The molecular formula is C25H21N3O3. The van der Waals surface area contributed by atoms with Crippen molar-refractivity contribution in [3.63, 3.8) is 0 Å². The number of carbonyl (C=O) groups excluding carboxylic acids is 1. The van der Waals surface area contributed by atoms with Crippen molar-refractivity contribution in [2.45, 2.75) is 13.0 Å². The molecule has 3 aromatic carbocycles. The third-order valence-corrected chi connectivity index (χ3v) is 4.72. The van der Waals surface area contributed by atoms with Crippen molar-refractivity contribution in [2.24, 2.45) is 0 Å². The fraction of sp³-hybridized carbons (Fsp3) is 0.0800. The van der Waals surface area contributed by atoms with Crippen molar-refractivity contribution in [3.8, 4) is 17.2 Å². The zero-order chi connectivity index (χ0) is 21.6. The average Bonchev–Trinajstić information content (AvgIpc) is 2.81. The van der Waals surface area contributed by atoms with Gasteiger partial charge < -0.3 is 10.1 Å². The van der Waals surface area contributed by atoms with Gasteiger partial charge in [0.1, 0.15) is 17.2 Å². The first-order valence-electron chi connectivity index (χ1n) is 9.90. The molecule has 1 aromatic heterocycles. The topological polar surface area (TPSA) is 73.2 Å². The van der Waals surface area contributed by atoms with Gasteiger partial charge in [0.15, 0.2) is 0 Å². The second-order valence-electron chi connectivity index (χ2n) is 6.99. The average molecular weight is 411 g/mol. The highest BCUT2D eigenvalue weighted by Crippen LogP contribution is 2.24. The number of nitrogens with zero attached hydrogens (tertiary/aromatic N) is 2. The first-order valence-corrected chi connectivity index (χ1v) is 9.90. The monoisotopic (exact) mass is 411 g/mol. The molecule has 0 saturated heterocycles. The van der Waals surface area contributed by atoms with Gasteiger partial charge in [0.2, 0.25) is 0 Å². The molecule has 1 N–H and O–H groups in total. The first kappa shape index (κ1) is 20.1. The summed E-state index contributed by atoms with van der Waals surface area (Å²) < 4.78 is 7.09. The molecular weight excluding hydrogens is 390 g/mol. The Morgan fingerprint density at radius 2 is 1.55 bits per heavy atom. The molecule has 0 saturated carbocycles. The van der Waals surface area contributed by atoms with Crippen LogP contribution in [0.2, 0.25) is 0 Å². The van der Waals surface area contributed by atoms with E-state index >= 15 is 0 Å². The van der Waals surface area contributed by atoms with Gasteiger partial charge in [-0.15, -0.1) is 0 Å². The highest BCUT2D eigenvalue weighted by atomic mass is 16.5. The lowest BCUT2D eigenvalue weighted by molar-refractivity contribution is 0.0933. The van der Waals surface area contributed by atoms with Gasteiger partial charge in [-0.25, -0.2) is 0 Å². The highest BCUT2D eigenvalue weighted by Gasteiger charge is 2.15. The molecule has 154 valence electrons. The van der Waals surface area contributed by atoms with Crippen LogP contribution in [-0.4, -0.2) is 15.7 Å². The molecule has 6 nitrogen and oxygen atoms in total. The first-order chi connectivity index (χ1) is 15.1. The number of rotatable bonds is 6. The Balaban J connectivity index is 1.50. The maximum atomic E-state index is 12.8. The summed E-state index contributed by atoms with van der Waals surface area (Å²) in [5, 5.41) is 7.16. The zero-order valence-corrected chi connectivity index (χ0v) is 16.9. The molecule has 4 aromatic rings. The van der Waals surface area contributed by atoms with Crippen LogP contribution in [0.15, 0.2) is 102 Å². The van der Waals surface area contributed by atoms with E-state index in [-0.39, 0.29) is 23.2 Å². The minimum absolute atomic E-state index is 0.159. The van der Waals surface area contributed by atoms with E-state index in [0.717, 1.165) is 11.3 Å². The quantitative estimate of drug-likeness (QED) is 0.506. The number of benzene rings is 3. The highest BCUT2D eigenvalue weighted by molar-refractivity contribution is 5.92. The summed E-state index contributed by atoms with van der Waals surface area (Å²) in [6.07, 6.45) is 0. The maximum absolute atomic E-state index is 12.8. The predicted molar refractivity (Wildman–Crippen MR) is 119 cm³/mol. The zero-order valence-electron chi connectivity index (χ0n) is 16.9. The number of hydrogen-bond donors (Lipinski definition) is 1. The summed E-state index contributed by atoms with van der Waals surface area (Å²) in [4.78, 5) is 25.0. The number of para-hydroxylation sites is 2. The molecule has 1 atom stereocenters. The molecule has 31 heavy (non-hydrogen) atoms. The van der Waals surface area contributed by atoms with E-state index in [0.29, 0.717) is 11.4 Å². The van der Waals surface area contributed by atoms with Crippen LogP contribution in [0.5, 0.6) is 11.5 Å². The predicted octanol–water partition coefficient (Wildman–Crippen LogP) is 4.52. The molecule has 0 aliphatic heterocycles. The van der Waals surface area contributed by atoms with Gasteiger partial charge in [0.25, 0.3) is 11.5 Å². The molecule has 6 heteroatoms. The Morgan fingerprint density at radius 3 is 2.29 bits per heavy atom. The molecule has 1 unspecified atom stereocenters. The fourth-order valence-electron chi connectivity index (χ4n) is 3.11. The molecule has 0 aliphatic rings. The van der Waals surface area contributed by atoms with Crippen molar-refractivity contribution in [1.29, 1.82) is 0 Å². The van der Waals surface area contributed by atoms with Crippen LogP contribution in [0, 0.1) is 0 Å². The normalized spacial score (nSPS) is 11.5. The van der Waals surface area contributed by atoms with Crippen molar-refractivity contribution in [3.05, 3.63) is 119 Å². The number of amides is 1. The molecule has 0 radical (unpaired) electrons. The van der Waals surface area contributed by atoms with Crippen molar-refractivity contribution in [2.75, 3.05) is 0 Å². The fourth-order valence-corrected chi connectivity index (χ4v) is 3.11. The van der Waals surface area contributed by atoms with Crippen LogP contribution < -0.4 is 15.6 Å². The smallest absolute Gasteiger partial charge is 0.272 e. The largest absolute Gasteiger partial charge is 0.457 e. The lowest BCUT2D eigenvalue weighted by Gasteiger charge is -2.16. The summed E-state index contributed by atoms with van der Waals surface area (Å²) in [6.45, 7) is 1.88. The SMILES string of the molecule is CC(NC(=O)c1ccc(=O)n(-c2ccccc2)n1)c1cccc(Oc2ccccc2)c1. The van der Waals surface area contributed by atoms with Crippen LogP contribution in [0.25, 0.3) is 5.69 Å². The number of carbonyl (C=O) groups is 1. The Labute approximate surface area is 179 Å². The molecule has 0 spiro atoms. The van der Waals surface area contributed by atoms with Crippen LogP contribution in [0.4, 0.5) is 0 Å². The van der Waals surface area contributed by atoms with E-state index < -0.39 is 0 Å². The van der Waals surface area contributed by atoms with Gasteiger partial charge in [-0.1, -0.05) is 48.5 Å². The van der Waals surface area contributed by atoms with Gasteiger partial charge >= 0.3 is 0 Å². The summed E-state index contributed by atoms with van der Waals surface area (Å²) in [5.74, 6) is 1.05. The molecule has 1 heterocycles. The Hall–Kier alpha value is -4.19. The van der Waals surface area contributed by atoms with E-state index in [1.165, 1.54) is 16.8 Å². The van der Waals surface area contributed by atoms with Gasteiger partial charge in [0.05, 0.1) is 11.7 Å². The Morgan fingerprint density at radius 1 is 0.871 bits per heavy atom. The van der Waals surface area contributed by atoms with Crippen LogP contribution >= 0.6 is 0 Å². The summed E-state index contributed by atoms with van der Waals surface area (Å²) >= 11 is 0. The minimum atomic E-state index is -0.369. The van der Waals surface area contributed by atoms with Crippen LogP contribution in [0.3, 0.4) is 0 Å². The van der Waals surface area contributed by atoms with Gasteiger partial charge in [-0.05, 0) is 55.0 Å². The Kier molecular flexibility index (Phi) is 5.89. The van der Waals surface area contributed by atoms with E-state index in [4.69, 9.17) is 4.74 Å². The maximum Gasteiger partial charge on any atom is 0.272 e. The van der Waals surface area contributed by atoms with E-state index in [9.17, 15) is 9.59 Å². The second-order valence-corrected chi connectivity index (χ2v) is 6.99. The summed E-state index contributed by atoms with van der Waals surface area (Å²) in [5.41, 5.74) is 1.34. The van der Waals surface area contributed by atoms with Crippen molar-refractivity contribution in [1.82, 2.24) is 15.1 Å². The number of aromatic nitrogens is 2. The van der Waals surface area contributed by atoms with E-state index in [1.807, 2.05) is 79.7 Å². The van der Waals surface area contributed by atoms with Gasteiger partial charge in [-0.3, -0.25) is 9.59 Å². The second kappa shape index (κ2) is 9.09. The molecule has 1 amide bonds. The molecule has 0 bridgehead atoms. The van der Waals surface area contributed by atoms with Crippen molar-refractivity contribution >= 4 is 5.91 Å². The van der Waals surface area contributed by atoms with Crippen LogP contribution in [-0.2, 0) is 0 Å². The third kappa shape index (κ3) is 4.87. The van der Waals surface area contributed by atoms with E-state index in [1.54, 1.807) is 12.1 Å². The molecule has 0 aliphatic carbocycles. The molecule has 4 rings (SSSR count). The number of ether oxygens (including phenoxy) is 1. The number of hydrogen-bond acceptors (Lipinski definition) is 4. The lowest BCUT2D eigenvalue weighted by atomic mass is 10.1. The molecule has 0 fully saturated rings. The third-order valence-electron chi connectivity index (χ3n) is 4.72. The van der Waals surface area contributed by atoms with Crippen molar-refractivity contribution < 1.29 is 9.53 Å². The summed E-state index contributed by atoms with van der Waals surface area (Å²) in [6, 6.07) is 28.5. The van der Waals surface area contributed by atoms with Gasteiger partial charge in [0, 0.05) is 6.07 Å². The lowest BCUT2D eigenvalue weighted by Crippen LogP contribution is -2.30. The summed E-state index contributed by atoms with van der Waals surface area (Å²) in [7, 11) is 0. The minimum Gasteiger partial charge on any atom is -0.457 e. The van der Waals surface area contributed by atoms with Gasteiger partial charge in [-0.2, -0.15) is 9.78 Å².